The van der Waals surface area contributed by atoms with Crippen LogP contribution in [0.15, 0.2) is 60.7 Å². The van der Waals surface area contributed by atoms with Crippen molar-refractivity contribution < 1.29 is 9.84 Å². The Morgan fingerprint density at radius 1 is 0.875 bits per heavy atom. The minimum atomic E-state index is -0.0656. The molecule has 24 heavy (non-hydrogen) atoms. The Labute approximate surface area is 144 Å². The smallest absolute Gasteiger partial charge is 0.0936 e. The zero-order chi connectivity index (χ0) is 16.6. The number of ether oxygens (including phenoxy) is 1. The third-order valence-electron chi connectivity index (χ3n) is 4.60. The van der Waals surface area contributed by atoms with Crippen LogP contribution in [-0.2, 0) is 17.7 Å². The molecule has 2 aromatic rings. The van der Waals surface area contributed by atoms with E-state index < -0.39 is 0 Å². The number of aliphatic hydroxyl groups excluding tert-OH is 1. The first kappa shape index (κ1) is 17.2. The summed E-state index contributed by atoms with van der Waals surface area (Å²) in [7, 11) is 0. The van der Waals surface area contributed by atoms with Gasteiger partial charge in [-0.25, -0.2) is 0 Å². The summed E-state index contributed by atoms with van der Waals surface area (Å²) in [5.74, 6) is 0. The predicted octanol–water partition coefficient (Wildman–Crippen LogP) is 3.27. The van der Waals surface area contributed by atoms with Crippen molar-refractivity contribution in [2.45, 2.75) is 38.0 Å². The molecule has 0 unspecified atom stereocenters. The minimum Gasteiger partial charge on any atom is -0.394 e. The Hall–Kier alpha value is -1.68. The Morgan fingerprint density at radius 2 is 1.50 bits per heavy atom. The topological polar surface area (TPSA) is 32.7 Å². The van der Waals surface area contributed by atoms with Crippen LogP contribution in [-0.4, -0.2) is 41.9 Å². The Balaban J connectivity index is 1.51. The summed E-state index contributed by atoms with van der Waals surface area (Å²) in [6.07, 6.45) is 3.39. The maximum absolute atomic E-state index is 9.54. The first-order valence-electron chi connectivity index (χ1n) is 8.90. The maximum Gasteiger partial charge on any atom is 0.0936 e. The van der Waals surface area contributed by atoms with Gasteiger partial charge in [0.25, 0.3) is 0 Å². The lowest BCUT2D eigenvalue weighted by molar-refractivity contribution is -0.107. The van der Waals surface area contributed by atoms with E-state index >= 15 is 0 Å². The van der Waals surface area contributed by atoms with Crippen LogP contribution in [0.25, 0.3) is 0 Å². The van der Waals surface area contributed by atoms with Crippen LogP contribution < -0.4 is 0 Å². The van der Waals surface area contributed by atoms with Crippen LogP contribution in [0.1, 0.15) is 24.0 Å². The molecule has 2 aromatic carbocycles. The summed E-state index contributed by atoms with van der Waals surface area (Å²) in [6, 6.07) is 21.1. The van der Waals surface area contributed by atoms with Gasteiger partial charge in [0.2, 0.25) is 0 Å². The molecule has 0 aliphatic carbocycles. The molecule has 0 amide bonds. The SMILES string of the molecule is OC[C@H]1CN(Cc2ccccc2)C[C@@H](CCCc2ccccc2)O1. The van der Waals surface area contributed by atoms with E-state index in [1.165, 1.54) is 11.1 Å². The highest BCUT2D eigenvalue weighted by Crippen LogP contribution is 2.18. The summed E-state index contributed by atoms with van der Waals surface area (Å²) in [5, 5.41) is 9.54. The molecule has 0 aromatic heterocycles. The lowest BCUT2D eigenvalue weighted by Crippen LogP contribution is -2.48. The highest BCUT2D eigenvalue weighted by molar-refractivity contribution is 5.15. The zero-order valence-electron chi connectivity index (χ0n) is 14.2. The lowest BCUT2D eigenvalue weighted by Gasteiger charge is -2.37. The second-order valence-electron chi connectivity index (χ2n) is 6.62. The normalized spacial score (nSPS) is 21.7. The van der Waals surface area contributed by atoms with Crippen molar-refractivity contribution in [2.24, 2.45) is 0 Å². The lowest BCUT2D eigenvalue weighted by atomic mass is 10.0. The van der Waals surface area contributed by atoms with Gasteiger partial charge in [-0.05, 0) is 30.4 Å². The van der Waals surface area contributed by atoms with Crippen molar-refractivity contribution in [2.75, 3.05) is 19.7 Å². The van der Waals surface area contributed by atoms with Crippen LogP contribution in [0.3, 0.4) is 0 Å². The first-order valence-corrected chi connectivity index (χ1v) is 8.90. The molecule has 0 spiro atoms. The Morgan fingerprint density at radius 3 is 2.17 bits per heavy atom. The second-order valence-corrected chi connectivity index (χ2v) is 6.62. The largest absolute Gasteiger partial charge is 0.394 e. The van der Waals surface area contributed by atoms with Gasteiger partial charge in [0.1, 0.15) is 0 Å². The van der Waals surface area contributed by atoms with Gasteiger partial charge in [0, 0.05) is 19.6 Å². The summed E-state index contributed by atoms with van der Waals surface area (Å²) in [5.41, 5.74) is 2.70. The van der Waals surface area contributed by atoms with Crippen LogP contribution in [0.2, 0.25) is 0 Å². The quantitative estimate of drug-likeness (QED) is 0.848. The number of benzene rings is 2. The van der Waals surface area contributed by atoms with Gasteiger partial charge in [-0.3, -0.25) is 4.90 Å². The van der Waals surface area contributed by atoms with E-state index in [1.807, 2.05) is 6.07 Å². The maximum atomic E-state index is 9.54. The fourth-order valence-corrected chi connectivity index (χ4v) is 3.42. The number of hydrogen-bond acceptors (Lipinski definition) is 3. The highest BCUT2D eigenvalue weighted by Gasteiger charge is 2.27. The molecule has 1 fully saturated rings. The predicted molar refractivity (Wildman–Crippen MR) is 96.8 cm³/mol. The minimum absolute atomic E-state index is 0.0656. The van der Waals surface area contributed by atoms with Crippen molar-refractivity contribution in [3.8, 4) is 0 Å². The number of hydrogen-bond donors (Lipinski definition) is 1. The van der Waals surface area contributed by atoms with Crippen molar-refractivity contribution in [1.29, 1.82) is 0 Å². The number of aliphatic hydroxyl groups is 1. The molecular weight excluding hydrogens is 298 g/mol. The van der Waals surface area contributed by atoms with Gasteiger partial charge >= 0.3 is 0 Å². The van der Waals surface area contributed by atoms with Crippen LogP contribution in [0.5, 0.6) is 0 Å². The number of nitrogens with zero attached hydrogens (tertiary/aromatic N) is 1. The molecule has 3 nitrogen and oxygen atoms in total. The van der Waals surface area contributed by atoms with Crippen molar-refractivity contribution in [3.63, 3.8) is 0 Å². The van der Waals surface area contributed by atoms with Crippen LogP contribution in [0.4, 0.5) is 0 Å². The molecule has 0 radical (unpaired) electrons. The second kappa shape index (κ2) is 8.97. The van der Waals surface area contributed by atoms with Crippen molar-refractivity contribution >= 4 is 0 Å². The van der Waals surface area contributed by atoms with Gasteiger partial charge in [0.05, 0.1) is 18.8 Å². The van der Waals surface area contributed by atoms with Crippen LogP contribution >= 0.6 is 0 Å². The van der Waals surface area contributed by atoms with Gasteiger partial charge in [0.15, 0.2) is 0 Å². The summed E-state index contributed by atoms with van der Waals surface area (Å²) in [4.78, 5) is 2.41. The van der Waals surface area contributed by atoms with E-state index in [-0.39, 0.29) is 18.8 Å². The van der Waals surface area contributed by atoms with E-state index in [0.29, 0.717) is 0 Å². The van der Waals surface area contributed by atoms with Gasteiger partial charge < -0.3 is 9.84 Å². The molecule has 0 bridgehead atoms. The third kappa shape index (κ3) is 5.17. The average molecular weight is 325 g/mol. The summed E-state index contributed by atoms with van der Waals surface area (Å²) >= 11 is 0. The van der Waals surface area contributed by atoms with Gasteiger partial charge in [-0.2, -0.15) is 0 Å². The molecule has 3 heteroatoms. The molecule has 3 rings (SSSR count). The molecule has 0 saturated carbocycles. The molecule has 1 N–H and O–H groups in total. The van der Waals surface area contributed by atoms with Crippen LogP contribution in [0, 0.1) is 0 Å². The van der Waals surface area contributed by atoms with E-state index in [9.17, 15) is 5.11 Å². The summed E-state index contributed by atoms with van der Waals surface area (Å²) in [6.45, 7) is 2.77. The number of morpholine rings is 1. The Bertz CT molecular complexity index is 587. The van der Waals surface area contributed by atoms with Crippen molar-refractivity contribution in [3.05, 3.63) is 71.8 Å². The summed E-state index contributed by atoms with van der Waals surface area (Å²) < 4.78 is 6.05. The molecule has 2 atom stereocenters. The zero-order valence-corrected chi connectivity index (χ0v) is 14.2. The van der Waals surface area contributed by atoms with E-state index in [0.717, 1.165) is 38.9 Å². The Kier molecular flexibility index (Phi) is 6.41. The molecular formula is C21H27NO2. The van der Waals surface area contributed by atoms with E-state index in [1.54, 1.807) is 0 Å². The van der Waals surface area contributed by atoms with E-state index in [4.69, 9.17) is 4.74 Å². The fourth-order valence-electron chi connectivity index (χ4n) is 3.42. The van der Waals surface area contributed by atoms with Gasteiger partial charge in [-0.15, -0.1) is 0 Å². The van der Waals surface area contributed by atoms with E-state index in [2.05, 4.69) is 59.5 Å². The average Bonchev–Trinajstić information content (AvgIpc) is 2.63. The first-order chi connectivity index (χ1) is 11.8. The number of rotatable bonds is 7. The highest BCUT2D eigenvalue weighted by atomic mass is 16.5. The van der Waals surface area contributed by atoms with Crippen molar-refractivity contribution in [1.82, 2.24) is 4.90 Å². The molecule has 1 saturated heterocycles. The third-order valence-corrected chi connectivity index (χ3v) is 4.60. The monoisotopic (exact) mass is 325 g/mol. The number of aryl methyl sites for hydroxylation is 1. The molecule has 1 aliphatic heterocycles. The fraction of sp³-hybridized carbons (Fsp3) is 0.429. The molecule has 1 heterocycles. The molecule has 1 aliphatic rings. The standard InChI is InChI=1S/C21H27NO2/c23-17-21-16-22(14-19-10-5-2-6-11-19)15-20(24-21)13-7-12-18-8-3-1-4-9-18/h1-6,8-11,20-21,23H,7,12-17H2/t20-,21-/m1/s1. The molecule has 128 valence electrons. The van der Waals surface area contributed by atoms with Gasteiger partial charge in [-0.1, -0.05) is 60.7 Å².